The standard InChI is InChI=1S/C24H27F3N2O3/c1-6-14(4)32-23(30)19-15(5)29-18-11-12-28-22(31-13(2)3)21(18)20(19)16-9-7-8-10-17(16)24(25,26)27/h7-14,20,29H,6H2,1-5H3/t14-,20?/m1/s1. The third-order valence-electron chi connectivity index (χ3n) is 5.28. The maximum absolute atomic E-state index is 14.0. The summed E-state index contributed by atoms with van der Waals surface area (Å²) in [5.41, 5.74) is 0.569. The molecule has 0 spiro atoms. The average molecular weight is 448 g/mol. The molecule has 2 atom stereocenters. The van der Waals surface area contributed by atoms with Gasteiger partial charge in [0.1, 0.15) is 0 Å². The van der Waals surface area contributed by atoms with Gasteiger partial charge in [-0.1, -0.05) is 25.1 Å². The smallest absolute Gasteiger partial charge is 0.416 e. The van der Waals surface area contributed by atoms with Gasteiger partial charge in [0.25, 0.3) is 0 Å². The molecule has 1 unspecified atom stereocenters. The number of rotatable bonds is 6. The molecule has 0 saturated heterocycles. The lowest BCUT2D eigenvalue weighted by Gasteiger charge is -2.33. The highest BCUT2D eigenvalue weighted by Crippen LogP contribution is 2.49. The van der Waals surface area contributed by atoms with Crippen molar-refractivity contribution in [3.63, 3.8) is 0 Å². The van der Waals surface area contributed by atoms with Crippen LogP contribution in [0.1, 0.15) is 63.6 Å². The Morgan fingerprint density at radius 2 is 1.88 bits per heavy atom. The van der Waals surface area contributed by atoms with Crippen LogP contribution in [0.15, 0.2) is 47.8 Å². The first-order chi connectivity index (χ1) is 15.0. The minimum Gasteiger partial charge on any atom is -0.475 e. The van der Waals surface area contributed by atoms with Crippen molar-refractivity contribution in [3.05, 3.63) is 64.5 Å². The number of carbonyl (C=O) groups is 1. The Balaban J connectivity index is 2.30. The summed E-state index contributed by atoms with van der Waals surface area (Å²) >= 11 is 0. The highest BCUT2D eigenvalue weighted by molar-refractivity contribution is 5.95. The van der Waals surface area contributed by atoms with Crippen LogP contribution in [0.25, 0.3) is 0 Å². The van der Waals surface area contributed by atoms with Crippen LogP contribution in [0.3, 0.4) is 0 Å². The summed E-state index contributed by atoms with van der Waals surface area (Å²) in [4.78, 5) is 17.5. The Bertz CT molecular complexity index is 1030. The van der Waals surface area contributed by atoms with Crippen LogP contribution in [-0.4, -0.2) is 23.2 Å². The molecule has 0 amide bonds. The van der Waals surface area contributed by atoms with Crippen LogP contribution in [0.5, 0.6) is 5.88 Å². The fraction of sp³-hybridized carbons (Fsp3) is 0.417. The molecule has 0 saturated carbocycles. The number of pyridine rings is 1. The van der Waals surface area contributed by atoms with Crippen LogP contribution in [-0.2, 0) is 15.7 Å². The zero-order chi connectivity index (χ0) is 23.6. The molecule has 0 aliphatic carbocycles. The summed E-state index contributed by atoms with van der Waals surface area (Å²) in [6, 6.07) is 6.92. The number of halogens is 3. The monoisotopic (exact) mass is 448 g/mol. The third-order valence-corrected chi connectivity index (χ3v) is 5.28. The number of ether oxygens (including phenoxy) is 2. The number of carbonyl (C=O) groups excluding carboxylic acids is 1. The van der Waals surface area contributed by atoms with E-state index in [0.717, 1.165) is 6.07 Å². The second kappa shape index (κ2) is 9.22. The first-order valence-electron chi connectivity index (χ1n) is 10.5. The van der Waals surface area contributed by atoms with Crippen molar-refractivity contribution in [3.8, 4) is 5.88 Å². The zero-order valence-corrected chi connectivity index (χ0v) is 18.7. The number of fused-ring (bicyclic) bond motifs is 1. The van der Waals surface area contributed by atoms with Gasteiger partial charge in [0.2, 0.25) is 5.88 Å². The van der Waals surface area contributed by atoms with Crippen molar-refractivity contribution in [2.75, 3.05) is 5.32 Å². The van der Waals surface area contributed by atoms with E-state index in [4.69, 9.17) is 9.47 Å². The van der Waals surface area contributed by atoms with E-state index in [1.54, 1.807) is 33.8 Å². The van der Waals surface area contributed by atoms with E-state index >= 15 is 0 Å². The lowest BCUT2D eigenvalue weighted by Crippen LogP contribution is -2.28. The van der Waals surface area contributed by atoms with Crippen molar-refractivity contribution < 1.29 is 27.4 Å². The summed E-state index contributed by atoms with van der Waals surface area (Å²) in [6.07, 6.45) is -3.16. The molecule has 0 radical (unpaired) electrons. The molecule has 2 heterocycles. The first-order valence-corrected chi connectivity index (χ1v) is 10.5. The van der Waals surface area contributed by atoms with Gasteiger partial charge in [-0.15, -0.1) is 0 Å². The normalized spacial score (nSPS) is 17.0. The van der Waals surface area contributed by atoms with E-state index in [9.17, 15) is 18.0 Å². The first kappa shape index (κ1) is 23.6. The number of nitrogens with zero attached hydrogens (tertiary/aromatic N) is 1. The Morgan fingerprint density at radius 3 is 2.50 bits per heavy atom. The van der Waals surface area contributed by atoms with Crippen molar-refractivity contribution in [1.29, 1.82) is 0 Å². The Morgan fingerprint density at radius 1 is 1.19 bits per heavy atom. The van der Waals surface area contributed by atoms with E-state index in [0.29, 0.717) is 23.4 Å². The summed E-state index contributed by atoms with van der Waals surface area (Å²) < 4.78 is 53.3. The number of aromatic nitrogens is 1. The average Bonchev–Trinajstić information content (AvgIpc) is 2.71. The van der Waals surface area contributed by atoms with E-state index in [1.807, 2.05) is 6.92 Å². The Labute approximate surface area is 185 Å². The second-order valence-corrected chi connectivity index (χ2v) is 8.05. The molecule has 0 fully saturated rings. The van der Waals surface area contributed by atoms with Gasteiger partial charge in [-0.2, -0.15) is 13.2 Å². The van der Waals surface area contributed by atoms with Gasteiger partial charge in [0.15, 0.2) is 0 Å². The molecule has 1 N–H and O–H groups in total. The van der Waals surface area contributed by atoms with Crippen molar-refractivity contribution in [1.82, 2.24) is 4.98 Å². The predicted molar refractivity (Wildman–Crippen MR) is 115 cm³/mol. The van der Waals surface area contributed by atoms with Gasteiger partial charge < -0.3 is 14.8 Å². The highest BCUT2D eigenvalue weighted by atomic mass is 19.4. The number of alkyl halides is 3. The van der Waals surface area contributed by atoms with Crippen molar-refractivity contribution in [2.24, 2.45) is 0 Å². The molecule has 5 nitrogen and oxygen atoms in total. The number of hydrogen-bond donors (Lipinski definition) is 1. The van der Waals surface area contributed by atoms with E-state index in [-0.39, 0.29) is 29.2 Å². The molecule has 1 aliphatic heterocycles. The maximum Gasteiger partial charge on any atom is 0.416 e. The summed E-state index contributed by atoms with van der Waals surface area (Å²) in [5, 5.41) is 3.13. The SMILES string of the molecule is CC[C@@H](C)OC(=O)C1=C(C)Nc2ccnc(OC(C)C)c2C1c1ccccc1C(F)(F)F. The molecule has 2 aromatic rings. The molecule has 1 aromatic carbocycles. The van der Waals surface area contributed by atoms with Gasteiger partial charge >= 0.3 is 12.1 Å². The zero-order valence-electron chi connectivity index (χ0n) is 18.7. The molecule has 32 heavy (non-hydrogen) atoms. The second-order valence-electron chi connectivity index (χ2n) is 8.05. The lowest BCUT2D eigenvalue weighted by molar-refractivity contribution is -0.144. The van der Waals surface area contributed by atoms with E-state index < -0.39 is 23.6 Å². The highest BCUT2D eigenvalue weighted by Gasteiger charge is 2.42. The molecule has 0 bridgehead atoms. The van der Waals surface area contributed by atoms with Crippen LogP contribution in [0.4, 0.5) is 18.9 Å². The topological polar surface area (TPSA) is 60.5 Å². The van der Waals surface area contributed by atoms with Crippen LogP contribution in [0, 0.1) is 0 Å². The van der Waals surface area contributed by atoms with E-state index in [2.05, 4.69) is 10.3 Å². The van der Waals surface area contributed by atoms with E-state index in [1.165, 1.54) is 24.4 Å². The van der Waals surface area contributed by atoms with Crippen LogP contribution in [0.2, 0.25) is 0 Å². The van der Waals surface area contributed by atoms with Gasteiger partial charge in [-0.3, -0.25) is 0 Å². The lowest BCUT2D eigenvalue weighted by atomic mass is 9.79. The molecular weight excluding hydrogens is 421 g/mol. The molecule has 1 aliphatic rings. The number of hydrogen-bond acceptors (Lipinski definition) is 5. The van der Waals surface area contributed by atoms with Gasteiger partial charge in [0.05, 0.1) is 29.3 Å². The van der Waals surface area contributed by atoms with Crippen LogP contribution >= 0.6 is 0 Å². The number of anilines is 1. The quantitative estimate of drug-likeness (QED) is 0.544. The van der Waals surface area contributed by atoms with Gasteiger partial charge in [-0.25, -0.2) is 9.78 Å². The number of benzene rings is 1. The third kappa shape index (κ3) is 4.74. The summed E-state index contributed by atoms with van der Waals surface area (Å²) in [5.74, 6) is -1.56. The van der Waals surface area contributed by atoms with Crippen molar-refractivity contribution in [2.45, 2.75) is 65.3 Å². The number of esters is 1. The van der Waals surface area contributed by atoms with Gasteiger partial charge in [-0.05, 0) is 51.8 Å². The van der Waals surface area contributed by atoms with Crippen molar-refractivity contribution >= 4 is 11.7 Å². The molecule has 8 heteroatoms. The molecule has 1 aromatic heterocycles. The maximum atomic E-state index is 14.0. The minimum absolute atomic E-state index is 0.0557. The number of nitrogens with one attached hydrogen (secondary N) is 1. The van der Waals surface area contributed by atoms with Crippen LogP contribution < -0.4 is 10.1 Å². The minimum atomic E-state index is -4.61. The van der Waals surface area contributed by atoms with Gasteiger partial charge in [0, 0.05) is 23.1 Å². The Hall–Kier alpha value is -3.03. The Kier molecular flexibility index (Phi) is 6.81. The largest absolute Gasteiger partial charge is 0.475 e. The molecule has 172 valence electrons. The fourth-order valence-corrected chi connectivity index (χ4v) is 3.71. The number of allylic oxidation sites excluding steroid dienone is 1. The molecule has 3 rings (SSSR count). The fourth-order valence-electron chi connectivity index (χ4n) is 3.71. The predicted octanol–water partition coefficient (Wildman–Crippen LogP) is 6.06. The summed E-state index contributed by atoms with van der Waals surface area (Å²) in [7, 11) is 0. The summed E-state index contributed by atoms with van der Waals surface area (Å²) in [6.45, 7) is 8.86. The molecular formula is C24H27F3N2O3.